The van der Waals surface area contributed by atoms with E-state index >= 15 is 0 Å². The third-order valence-electron chi connectivity index (χ3n) is 2.92. The molecule has 0 aromatic heterocycles. The zero-order valence-corrected chi connectivity index (χ0v) is 11.9. The molecule has 1 unspecified atom stereocenters. The molecule has 5 heteroatoms. The maximum atomic E-state index is 11.2. The molecule has 0 aliphatic heterocycles. The molecular formula is C11H25NO3S. The van der Waals surface area contributed by atoms with Gasteiger partial charge in [0.15, 0.2) is 0 Å². The van der Waals surface area contributed by atoms with Crippen molar-refractivity contribution in [3.05, 3.63) is 0 Å². The van der Waals surface area contributed by atoms with E-state index in [2.05, 4.69) is 13.8 Å². The molecule has 0 amide bonds. The van der Waals surface area contributed by atoms with Gasteiger partial charge in [0.25, 0.3) is 0 Å². The minimum absolute atomic E-state index is 0.213. The molecule has 0 rings (SSSR count). The first-order valence-electron chi connectivity index (χ1n) is 5.80. The summed E-state index contributed by atoms with van der Waals surface area (Å²) in [6, 6.07) is 0. The number of hydrogen-bond acceptors (Lipinski definition) is 3. The number of hydrogen-bond donors (Lipinski definition) is 0. The van der Waals surface area contributed by atoms with Crippen LogP contribution >= 0.6 is 0 Å². The fourth-order valence-corrected chi connectivity index (χ4v) is 1.68. The Balaban J connectivity index is 4.23. The second-order valence-electron chi connectivity index (χ2n) is 4.49. The summed E-state index contributed by atoms with van der Waals surface area (Å²) >= 11 is 0. The predicted octanol–water partition coefficient (Wildman–Crippen LogP) is 1.86. The van der Waals surface area contributed by atoms with Crippen LogP contribution in [0, 0.1) is 0 Å². The number of rotatable bonds is 8. The third kappa shape index (κ3) is 5.82. The van der Waals surface area contributed by atoms with Gasteiger partial charge in [-0.3, -0.25) is 0 Å². The van der Waals surface area contributed by atoms with Crippen LogP contribution in [0.25, 0.3) is 0 Å². The molecule has 0 bridgehead atoms. The summed E-state index contributed by atoms with van der Waals surface area (Å²) in [6.07, 6.45) is 3.83. The van der Waals surface area contributed by atoms with Crippen LogP contribution in [0.5, 0.6) is 0 Å². The lowest BCUT2D eigenvalue weighted by Gasteiger charge is -2.30. The van der Waals surface area contributed by atoms with Crippen LogP contribution in [0.2, 0.25) is 0 Å². The highest BCUT2D eigenvalue weighted by atomic mass is 32.2. The summed E-state index contributed by atoms with van der Waals surface area (Å²) in [5, 5.41) is 0. The van der Waals surface area contributed by atoms with Gasteiger partial charge in [0.2, 0.25) is 10.0 Å². The minimum Gasteiger partial charge on any atom is -0.375 e. The van der Waals surface area contributed by atoms with E-state index in [1.807, 2.05) is 6.92 Å². The SMILES string of the molecule is CCCOC(C)(CC)CCN(C)S(C)(=O)=O. The summed E-state index contributed by atoms with van der Waals surface area (Å²) in [4.78, 5) is 0. The van der Waals surface area contributed by atoms with Crippen LogP contribution < -0.4 is 0 Å². The van der Waals surface area contributed by atoms with Crippen molar-refractivity contribution in [3.8, 4) is 0 Å². The van der Waals surface area contributed by atoms with Crippen LogP contribution in [-0.4, -0.2) is 44.8 Å². The van der Waals surface area contributed by atoms with E-state index < -0.39 is 10.0 Å². The van der Waals surface area contributed by atoms with Crippen molar-refractivity contribution in [2.24, 2.45) is 0 Å². The second kappa shape index (κ2) is 6.57. The Morgan fingerprint density at radius 2 is 1.88 bits per heavy atom. The molecule has 4 nitrogen and oxygen atoms in total. The Bertz CT molecular complexity index is 290. The molecule has 0 aliphatic carbocycles. The van der Waals surface area contributed by atoms with E-state index in [1.54, 1.807) is 7.05 Å². The first-order chi connectivity index (χ1) is 7.25. The van der Waals surface area contributed by atoms with Crippen molar-refractivity contribution in [1.82, 2.24) is 4.31 Å². The topological polar surface area (TPSA) is 46.6 Å². The molecule has 0 fully saturated rings. The summed E-state index contributed by atoms with van der Waals surface area (Å²) in [5.41, 5.74) is -0.213. The van der Waals surface area contributed by atoms with Gasteiger partial charge < -0.3 is 4.74 Å². The van der Waals surface area contributed by atoms with Gasteiger partial charge in [0, 0.05) is 20.2 Å². The molecular weight excluding hydrogens is 226 g/mol. The van der Waals surface area contributed by atoms with Gasteiger partial charge in [-0.1, -0.05) is 13.8 Å². The van der Waals surface area contributed by atoms with Crippen molar-refractivity contribution in [1.29, 1.82) is 0 Å². The predicted molar refractivity (Wildman–Crippen MR) is 67.0 cm³/mol. The molecule has 0 N–H and O–H groups in total. The number of sulfonamides is 1. The van der Waals surface area contributed by atoms with Gasteiger partial charge in [-0.05, 0) is 26.2 Å². The van der Waals surface area contributed by atoms with Crippen LogP contribution in [0.3, 0.4) is 0 Å². The molecule has 0 heterocycles. The molecule has 0 aliphatic rings. The quantitative estimate of drug-likeness (QED) is 0.661. The lowest BCUT2D eigenvalue weighted by Crippen LogP contribution is -2.35. The maximum absolute atomic E-state index is 11.2. The Kier molecular flexibility index (Phi) is 6.51. The minimum atomic E-state index is -3.08. The van der Waals surface area contributed by atoms with Gasteiger partial charge in [-0.25, -0.2) is 12.7 Å². The van der Waals surface area contributed by atoms with E-state index in [0.717, 1.165) is 25.9 Å². The highest BCUT2D eigenvalue weighted by Crippen LogP contribution is 2.20. The van der Waals surface area contributed by atoms with Gasteiger partial charge in [-0.2, -0.15) is 0 Å². The van der Waals surface area contributed by atoms with Gasteiger partial charge in [0.05, 0.1) is 11.9 Å². The van der Waals surface area contributed by atoms with Crippen molar-refractivity contribution < 1.29 is 13.2 Å². The van der Waals surface area contributed by atoms with Crippen LogP contribution in [0.4, 0.5) is 0 Å². The fraction of sp³-hybridized carbons (Fsp3) is 1.00. The fourth-order valence-electron chi connectivity index (χ4n) is 1.26. The smallest absolute Gasteiger partial charge is 0.210 e. The van der Waals surface area contributed by atoms with Gasteiger partial charge in [0.1, 0.15) is 0 Å². The highest BCUT2D eigenvalue weighted by Gasteiger charge is 2.24. The summed E-state index contributed by atoms with van der Waals surface area (Å²) in [6.45, 7) is 7.41. The normalized spacial score (nSPS) is 16.4. The summed E-state index contributed by atoms with van der Waals surface area (Å²) in [7, 11) is -1.47. The lowest BCUT2D eigenvalue weighted by atomic mass is 9.99. The Morgan fingerprint density at radius 1 is 1.31 bits per heavy atom. The number of nitrogens with zero attached hydrogens (tertiary/aromatic N) is 1. The summed E-state index contributed by atoms with van der Waals surface area (Å²) in [5.74, 6) is 0. The van der Waals surface area contributed by atoms with Gasteiger partial charge >= 0.3 is 0 Å². The van der Waals surface area contributed by atoms with Crippen molar-refractivity contribution in [3.63, 3.8) is 0 Å². The van der Waals surface area contributed by atoms with Crippen LogP contribution in [0.1, 0.15) is 40.0 Å². The van der Waals surface area contributed by atoms with Crippen LogP contribution in [-0.2, 0) is 14.8 Å². The van der Waals surface area contributed by atoms with Crippen LogP contribution in [0.15, 0.2) is 0 Å². The standard InChI is InChI=1S/C11H25NO3S/c1-6-10-15-11(3,7-2)8-9-12(4)16(5,13)14/h6-10H2,1-5H3. The molecule has 0 saturated carbocycles. The molecule has 98 valence electrons. The van der Waals surface area contributed by atoms with Crippen molar-refractivity contribution >= 4 is 10.0 Å². The monoisotopic (exact) mass is 251 g/mol. The van der Waals surface area contributed by atoms with E-state index in [1.165, 1.54) is 10.6 Å². The molecule has 1 atom stereocenters. The average Bonchev–Trinajstić information content (AvgIpc) is 2.21. The van der Waals surface area contributed by atoms with Crippen molar-refractivity contribution in [2.75, 3.05) is 26.5 Å². The highest BCUT2D eigenvalue weighted by molar-refractivity contribution is 7.88. The Hall–Kier alpha value is -0.130. The Morgan fingerprint density at radius 3 is 2.25 bits per heavy atom. The molecule has 16 heavy (non-hydrogen) atoms. The van der Waals surface area contributed by atoms with Gasteiger partial charge in [-0.15, -0.1) is 0 Å². The Labute approximate surface area is 100 Å². The molecule has 0 aromatic rings. The summed E-state index contributed by atoms with van der Waals surface area (Å²) < 4.78 is 29.6. The molecule has 0 spiro atoms. The lowest BCUT2D eigenvalue weighted by molar-refractivity contribution is -0.0416. The van der Waals surface area contributed by atoms with Crippen molar-refractivity contribution in [2.45, 2.75) is 45.6 Å². The first kappa shape index (κ1) is 15.9. The average molecular weight is 251 g/mol. The zero-order valence-electron chi connectivity index (χ0n) is 11.1. The third-order valence-corrected chi connectivity index (χ3v) is 4.24. The van der Waals surface area contributed by atoms with E-state index in [-0.39, 0.29) is 5.60 Å². The molecule has 0 radical (unpaired) electrons. The second-order valence-corrected chi connectivity index (χ2v) is 6.58. The maximum Gasteiger partial charge on any atom is 0.210 e. The van der Waals surface area contributed by atoms with E-state index in [4.69, 9.17) is 4.74 Å². The first-order valence-corrected chi connectivity index (χ1v) is 7.65. The van der Waals surface area contributed by atoms with E-state index in [0.29, 0.717) is 6.54 Å². The zero-order chi connectivity index (χ0) is 12.8. The molecule has 0 aromatic carbocycles. The largest absolute Gasteiger partial charge is 0.375 e. The molecule has 0 saturated heterocycles. The number of ether oxygens (including phenoxy) is 1. The van der Waals surface area contributed by atoms with E-state index in [9.17, 15) is 8.42 Å².